The number of rotatable bonds is 1. The second-order valence-electron chi connectivity index (χ2n) is 5.47. The number of fused-ring (bicyclic) bond motifs is 2. The molecular formula is C17H15N3O2. The summed E-state index contributed by atoms with van der Waals surface area (Å²) in [6.45, 7) is 1.91. The van der Waals surface area contributed by atoms with Gasteiger partial charge < -0.3 is 14.5 Å². The Kier molecular flexibility index (Phi) is 2.85. The van der Waals surface area contributed by atoms with Gasteiger partial charge in [-0.05, 0) is 25.1 Å². The number of hydrogen-bond donors (Lipinski definition) is 1. The van der Waals surface area contributed by atoms with Crippen LogP contribution in [0.25, 0.3) is 16.8 Å². The Balaban J connectivity index is 1.88. The van der Waals surface area contributed by atoms with E-state index >= 15 is 0 Å². The van der Waals surface area contributed by atoms with Crippen molar-refractivity contribution in [3.05, 3.63) is 48.9 Å². The molecule has 1 atom stereocenters. The van der Waals surface area contributed by atoms with Gasteiger partial charge in [-0.3, -0.25) is 4.79 Å². The van der Waals surface area contributed by atoms with Crippen LogP contribution in [0.1, 0.15) is 13.3 Å². The number of ether oxygens (including phenoxy) is 1. The van der Waals surface area contributed by atoms with E-state index in [0.717, 1.165) is 28.2 Å². The summed E-state index contributed by atoms with van der Waals surface area (Å²) in [7, 11) is 0. The normalized spacial score (nSPS) is 17.5. The van der Waals surface area contributed by atoms with E-state index in [1.165, 1.54) is 0 Å². The lowest BCUT2D eigenvalue weighted by Crippen LogP contribution is -2.17. The molecule has 22 heavy (non-hydrogen) atoms. The van der Waals surface area contributed by atoms with Crippen LogP contribution in [0.4, 0.5) is 5.69 Å². The minimum Gasteiger partial charge on any atom is -0.487 e. The van der Waals surface area contributed by atoms with E-state index in [4.69, 9.17) is 4.74 Å². The van der Waals surface area contributed by atoms with Crippen LogP contribution in [0.3, 0.4) is 0 Å². The molecule has 0 fully saturated rings. The first-order valence-electron chi connectivity index (χ1n) is 7.23. The molecule has 5 nitrogen and oxygen atoms in total. The summed E-state index contributed by atoms with van der Waals surface area (Å²) in [6.07, 6.45) is 5.89. The van der Waals surface area contributed by atoms with Crippen molar-refractivity contribution in [3.63, 3.8) is 0 Å². The Morgan fingerprint density at radius 3 is 3.14 bits per heavy atom. The number of para-hydroxylation sites is 1. The molecule has 1 aromatic carbocycles. The van der Waals surface area contributed by atoms with Crippen LogP contribution < -0.4 is 10.1 Å². The number of carbonyl (C=O) groups excluding carboxylic acids is 1. The molecule has 3 aromatic rings. The van der Waals surface area contributed by atoms with Crippen LogP contribution >= 0.6 is 0 Å². The van der Waals surface area contributed by atoms with Gasteiger partial charge in [-0.2, -0.15) is 0 Å². The molecule has 1 aliphatic rings. The van der Waals surface area contributed by atoms with Crippen LogP contribution in [0.15, 0.2) is 48.9 Å². The number of carbonyl (C=O) groups is 1. The summed E-state index contributed by atoms with van der Waals surface area (Å²) in [4.78, 5) is 16.1. The molecule has 4 rings (SSSR count). The van der Waals surface area contributed by atoms with Gasteiger partial charge in [0.15, 0.2) is 5.75 Å². The van der Waals surface area contributed by atoms with Crippen molar-refractivity contribution in [3.8, 4) is 16.9 Å². The summed E-state index contributed by atoms with van der Waals surface area (Å²) in [6, 6.07) is 9.77. The molecule has 0 saturated heterocycles. The zero-order valence-corrected chi connectivity index (χ0v) is 12.1. The highest BCUT2D eigenvalue weighted by molar-refractivity contribution is 5.95. The topological polar surface area (TPSA) is 55.6 Å². The molecular weight excluding hydrogens is 278 g/mol. The van der Waals surface area contributed by atoms with Gasteiger partial charge in [-0.25, -0.2) is 4.98 Å². The monoisotopic (exact) mass is 293 g/mol. The van der Waals surface area contributed by atoms with Crippen molar-refractivity contribution in [2.45, 2.75) is 19.4 Å². The first-order chi connectivity index (χ1) is 10.7. The molecule has 2 aromatic heterocycles. The maximum Gasteiger partial charge on any atom is 0.228 e. The highest BCUT2D eigenvalue weighted by atomic mass is 16.5. The van der Waals surface area contributed by atoms with E-state index in [0.29, 0.717) is 6.42 Å². The van der Waals surface area contributed by atoms with Crippen molar-refractivity contribution in [2.24, 2.45) is 0 Å². The Morgan fingerprint density at radius 2 is 2.23 bits per heavy atom. The third-order valence-electron chi connectivity index (χ3n) is 3.78. The second kappa shape index (κ2) is 4.87. The summed E-state index contributed by atoms with van der Waals surface area (Å²) >= 11 is 0. The molecule has 3 heterocycles. The van der Waals surface area contributed by atoms with Gasteiger partial charge in [-0.15, -0.1) is 0 Å². The molecule has 0 saturated carbocycles. The number of anilines is 1. The van der Waals surface area contributed by atoms with Gasteiger partial charge in [0.2, 0.25) is 5.91 Å². The van der Waals surface area contributed by atoms with Crippen LogP contribution in [0.5, 0.6) is 5.75 Å². The fraction of sp³-hybridized carbons (Fsp3) is 0.176. The summed E-state index contributed by atoms with van der Waals surface area (Å²) in [5, 5.41) is 2.91. The van der Waals surface area contributed by atoms with Crippen molar-refractivity contribution >= 4 is 17.2 Å². The molecule has 5 heteroatoms. The van der Waals surface area contributed by atoms with Crippen molar-refractivity contribution < 1.29 is 9.53 Å². The van der Waals surface area contributed by atoms with E-state index in [1.54, 1.807) is 6.20 Å². The average molecular weight is 293 g/mol. The lowest BCUT2D eigenvalue weighted by molar-refractivity contribution is -0.117. The first kappa shape index (κ1) is 12.9. The lowest BCUT2D eigenvalue weighted by Gasteiger charge is -2.16. The molecule has 1 N–H and O–H groups in total. The van der Waals surface area contributed by atoms with Crippen molar-refractivity contribution in [1.29, 1.82) is 0 Å². The minimum absolute atomic E-state index is 0.0199. The number of amides is 1. The van der Waals surface area contributed by atoms with Gasteiger partial charge in [0.25, 0.3) is 0 Å². The van der Waals surface area contributed by atoms with Gasteiger partial charge in [-0.1, -0.05) is 12.1 Å². The SMILES string of the molecule is C[C@@H]1CC(=O)Nc2cccc(-c3ccc4nccn4c3)c2O1. The predicted octanol–water partition coefficient (Wildman–Crippen LogP) is 3.11. The zero-order valence-electron chi connectivity index (χ0n) is 12.1. The zero-order chi connectivity index (χ0) is 15.1. The maximum atomic E-state index is 11.8. The molecule has 0 unspecified atom stereocenters. The van der Waals surface area contributed by atoms with E-state index in [-0.39, 0.29) is 12.0 Å². The number of nitrogens with one attached hydrogen (secondary N) is 1. The van der Waals surface area contributed by atoms with Crippen LogP contribution in [0, 0.1) is 0 Å². The second-order valence-corrected chi connectivity index (χ2v) is 5.47. The van der Waals surface area contributed by atoms with E-state index < -0.39 is 0 Å². The Bertz CT molecular complexity index is 869. The number of imidazole rings is 1. The number of nitrogens with zero attached hydrogens (tertiary/aromatic N) is 2. The highest BCUT2D eigenvalue weighted by Gasteiger charge is 2.22. The van der Waals surface area contributed by atoms with Crippen molar-refractivity contribution in [1.82, 2.24) is 9.38 Å². The number of aromatic nitrogens is 2. The predicted molar refractivity (Wildman–Crippen MR) is 84.0 cm³/mol. The lowest BCUT2D eigenvalue weighted by atomic mass is 10.1. The van der Waals surface area contributed by atoms with E-state index in [9.17, 15) is 4.79 Å². The highest BCUT2D eigenvalue weighted by Crippen LogP contribution is 2.38. The Labute approximate surface area is 127 Å². The molecule has 110 valence electrons. The summed E-state index contributed by atoms with van der Waals surface area (Å²) in [5.41, 5.74) is 3.60. The Hall–Kier alpha value is -2.82. The van der Waals surface area contributed by atoms with Gasteiger partial charge in [0, 0.05) is 29.7 Å². The Morgan fingerprint density at radius 1 is 1.32 bits per heavy atom. The first-order valence-corrected chi connectivity index (χ1v) is 7.23. The van der Waals surface area contributed by atoms with Gasteiger partial charge >= 0.3 is 0 Å². The third kappa shape index (κ3) is 2.11. The molecule has 0 radical (unpaired) electrons. The number of benzene rings is 1. The molecule has 0 spiro atoms. The fourth-order valence-electron chi connectivity index (χ4n) is 2.77. The number of pyridine rings is 1. The minimum atomic E-state index is -0.153. The number of hydrogen-bond acceptors (Lipinski definition) is 3. The van der Waals surface area contributed by atoms with E-state index in [2.05, 4.69) is 10.3 Å². The van der Waals surface area contributed by atoms with Crippen molar-refractivity contribution in [2.75, 3.05) is 5.32 Å². The quantitative estimate of drug-likeness (QED) is 0.750. The van der Waals surface area contributed by atoms with Crippen LogP contribution in [-0.2, 0) is 4.79 Å². The average Bonchev–Trinajstić information content (AvgIpc) is 2.90. The largest absolute Gasteiger partial charge is 0.487 e. The van der Waals surface area contributed by atoms with Gasteiger partial charge in [0.1, 0.15) is 11.8 Å². The third-order valence-corrected chi connectivity index (χ3v) is 3.78. The molecule has 1 amide bonds. The standard InChI is InChI=1S/C17H15N3O2/c1-11-9-16(21)19-14-4-2-3-13(17(14)22-11)12-5-6-15-18-7-8-20(15)10-12/h2-8,10-11H,9H2,1H3,(H,19,21)/t11-/m1/s1. The smallest absolute Gasteiger partial charge is 0.228 e. The summed E-state index contributed by atoms with van der Waals surface area (Å²) in [5.74, 6) is 0.703. The molecule has 0 aliphatic carbocycles. The molecule has 1 aliphatic heterocycles. The fourth-order valence-corrected chi connectivity index (χ4v) is 2.77. The van der Waals surface area contributed by atoms with Crippen LogP contribution in [-0.4, -0.2) is 21.4 Å². The maximum absolute atomic E-state index is 11.8. The van der Waals surface area contributed by atoms with E-state index in [1.807, 2.05) is 54.0 Å². The molecule has 0 bridgehead atoms. The van der Waals surface area contributed by atoms with Crippen LogP contribution in [0.2, 0.25) is 0 Å². The summed E-state index contributed by atoms with van der Waals surface area (Å²) < 4.78 is 7.96. The van der Waals surface area contributed by atoms with Gasteiger partial charge in [0.05, 0.1) is 12.1 Å².